The van der Waals surface area contributed by atoms with Crippen LogP contribution in [-0.4, -0.2) is 56.1 Å². The molecule has 0 amide bonds. The molecule has 0 saturated carbocycles. The predicted molar refractivity (Wildman–Crippen MR) is 341 cm³/mol. The Morgan fingerprint density at radius 3 is 1.21 bits per heavy atom. The van der Waals surface area contributed by atoms with Gasteiger partial charge in [-0.05, 0) is 148 Å². The normalized spacial score (nSPS) is 12.4. The van der Waals surface area contributed by atoms with E-state index in [4.69, 9.17) is 51.6 Å². The number of carbonyl (C=O) groups is 2. The van der Waals surface area contributed by atoms with Crippen molar-refractivity contribution in [2.75, 3.05) is 14.2 Å². The third kappa shape index (κ3) is 14.3. The van der Waals surface area contributed by atoms with Crippen LogP contribution in [0.3, 0.4) is 0 Å². The predicted octanol–water partition coefficient (Wildman–Crippen LogP) is 16.2. The average Bonchev–Trinajstić information content (AvgIpc) is 1.59. The van der Waals surface area contributed by atoms with Crippen LogP contribution < -0.4 is 9.47 Å². The fraction of sp³-hybridized carbons (Fsp3) is 0.324. The van der Waals surface area contributed by atoms with E-state index in [1.807, 2.05) is 186 Å². The molecule has 4 aromatic heterocycles. The van der Waals surface area contributed by atoms with Gasteiger partial charge >= 0.3 is 11.9 Å². The molecule has 0 unspecified atom stereocenters. The van der Waals surface area contributed by atoms with Crippen molar-refractivity contribution in [3.63, 3.8) is 0 Å². The molecular weight excluding hydrogens is 1160 g/mol. The topological polar surface area (TPSA) is 151 Å². The van der Waals surface area contributed by atoms with Gasteiger partial charge in [-0.2, -0.15) is 0 Å². The lowest BCUT2D eigenvalue weighted by Crippen LogP contribution is -2.34. The number of aryl methyl sites for hydroxylation is 4. The summed E-state index contributed by atoms with van der Waals surface area (Å²) >= 11 is 16.6. The van der Waals surface area contributed by atoms with Gasteiger partial charge in [0.1, 0.15) is 35.7 Å². The van der Waals surface area contributed by atoms with Gasteiger partial charge in [-0.25, -0.2) is 9.36 Å². The first-order valence-corrected chi connectivity index (χ1v) is 30.9. The molecule has 448 valence electrons. The van der Waals surface area contributed by atoms with Gasteiger partial charge in [-0.15, -0.1) is 32.9 Å². The fourth-order valence-corrected chi connectivity index (χ4v) is 13.8. The van der Waals surface area contributed by atoms with Crippen LogP contribution in [0.15, 0.2) is 146 Å². The van der Waals surface area contributed by atoms with E-state index in [0.29, 0.717) is 35.1 Å². The summed E-state index contributed by atoms with van der Waals surface area (Å²) in [6.07, 6.45) is 0. The second-order valence-electron chi connectivity index (χ2n) is 22.1. The molecule has 10 rings (SSSR count). The van der Waals surface area contributed by atoms with Crippen molar-refractivity contribution in [3.8, 4) is 11.5 Å². The number of ether oxygens (including phenoxy) is 6. The van der Waals surface area contributed by atoms with Gasteiger partial charge in [0.25, 0.3) is 0 Å². The summed E-state index contributed by atoms with van der Waals surface area (Å²) < 4.78 is 39.4. The number of halogens is 2. The molecule has 0 radical (unpaired) electrons. The lowest BCUT2D eigenvalue weighted by atomic mass is 9.72. The molecule has 6 aromatic carbocycles. The zero-order valence-electron chi connectivity index (χ0n) is 50.2. The minimum atomic E-state index is -0.927. The molecule has 2 atom stereocenters. The SMILES string of the molecule is CCn1nnc2c(C)c([C@@H](c3cc(COCc4ccc(OC)cc4)c(Cl)s3)C(C)(C)C(=O)OCc3ccccc3)ccc21.CCn1nnc2c(C)c([C@H](c3cc(COCc4ccc(OC)cc4)c(Cl)s3)C(C)(C)C(=O)OCc3ccccc3)ccc21. The van der Waals surface area contributed by atoms with E-state index >= 15 is 0 Å². The van der Waals surface area contributed by atoms with Crippen LogP contribution in [0.25, 0.3) is 22.1 Å². The van der Waals surface area contributed by atoms with Crippen molar-refractivity contribution in [1.29, 1.82) is 0 Å². The van der Waals surface area contributed by atoms with Crippen molar-refractivity contribution in [1.82, 2.24) is 30.0 Å². The Morgan fingerprint density at radius 2 is 0.860 bits per heavy atom. The van der Waals surface area contributed by atoms with Gasteiger partial charge in [0.2, 0.25) is 0 Å². The summed E-state index contributed by atoms with van der Waals surface area (Å²) in [7, 11) is 3.29. The number of benzene rings is 6. The summed E-state index contributed by atoms with van der Waals surface area (Å²) in [5.41, 5.74) is 11.4. The van der Waals surface area contributed by atoms with Crippen LogP contribution in [0, 0.1) is 24.7 Å². The summed E-state index contributed by atoms with van der Waals surface area (Å²) in [6, 6.07) is 47.3. The van der Waals surface area contributed by atoms with Crippen LogP contribution in [0.4, 0.5) is 0 Å². The van der Waals surface area contributed by atoms with Crippen LogP contribution in [0.2, 0.25) is 8.67 Å². The van der Waals surface area contributed by atoms with Gasteiger partial charge in [0.05, 0.1) is 71.2 Å². The molecule has 0 N–H and O–H groups in total. The van der Waals surface area contributed by atoms with Gasteiger partial charge in [-0.1, -0.05) is 131 Å². The molecular formula is C68H72Cl2N6O8S2. The number of aromatic nitrogens is 6. The maximum atomic E-state index is 13.8. The molecule has 86 heavy (non-hydrogen) atoms. The van der Waals surface area contributed by atoms with Gasteiger partial charge < -0.3 is 28.4 Å². The second kappa shape index (κ2) is 28.4. The van der Waals surface area contributed by atoms with Crippen molar-refractivity contribution in [3.05, 3.63) is 220 Å². The van der Waals surface area contributed by atoms with Crippen LogP contribution in [0.5, 0.6) is 11.5 Å². The Bertz CT molecular complexity index is 3650. The molecule has 0 bridgehead atoms. The molecule has 10 aromatic rings. The van der Waals surface area contributed by atoms with Crippen LogP contribution in [0.1, 0.15) is 119 Å². The highest BCUT2D eigenvalue weighted by molar-refractivity contribution is 7.16. The molecule has 0 spiro atoms. The first-order chi connectivity index (χ1) is 41.4. The maximum Gasteiger partial charge on any atom is 0.312 e. The van der Waals surface area contributed by atoms with E-state index in [1.165, 1.54) is 22.7 Å². The standard InChI is InChI=1S/2C34H36ClN3O4S/c2*1-6-38-28-17-16-27(22(2)31(28)36-37-38)30(34(3,4)33(39)42-20-23-10-8-7-9-11-23)29-18-25(32(35)43-29)21-41-19-24-12-14-26(40-5)15-13-24/h2*7-18,30H,6,19-21H2,1-5H3/t2*30-/m10/s1. The Balaban J connectivity index is 0.000000205. The van der Waals surface area contributed by atoms with Crippen LogP contribution >= 0.6 is 45.9 Å². The second-order valence-corrected chi connectivity index (χ2v) is 25.5. The summed E-state index contributed by atoms with van der Waals surface area (Å²) in [5.74, 6) is 0.334. The van der Waals surface area contributed by atoms with Gasteiger partial charge in [0.15, 0.2) is 0 Å². The molecule has 0 saturated heterocycles. The maximum absolute atomic E-state index is 13.8. The molecule has 4 heterocycles. The third-order valence-electron chi connectivity index (χ3n) is 15.6. The molecule has 0 aliphatic carbocycles. The number of carbonyl (C=O) groups excluding carboxylic acids is 2. The van der Waals surface area contributed by atoms with Crippen molar-refractivity contribution >= 4 is 79.9 Å². The Kier molecular flexibility index (Phi) is 20.8. The zero-order chi connectivity index (χ0) is 61.1. The summed E-state index contributed by atoms with van der Waals surface area (Å²) in [6.45, 7) is 19.3. The Hall–Kier alpha value is -7.44. The Morgan fingerprint density at radius 1 is 0.500 bits per heavy atom. The van der Waals surface area contributed by atoms with E-state index in [-0.39, 0.29) is 37.0 Å². The number of nitrogens with zero attached hydrogens (tertiary/aromatic N) is 6. The minimum Gasteiger partial charge on any atom is -0.497 e. The van der Waals surface area contributed by atoms with Crippen molar-refractivity contribution < 1.29 is 38.0 Å². The molecule has 18 heteroatoms. The van der Waals surface area contributed by atoms with E-state index in [1.54, 1.807) is 14.2 Å². The van der Waals surface area contributed by atoms with E-state index in [2.05, 4.69) is 44.9 Å². The fourth-order valence-electron chi connectivity index (χ4n) is 10.6. The highest BCUT2D eigenvalue weighted by atomic mass is 35.5. The quantitative estimate of drug-likeness (QED) is 0.0530. The molecule has 0 aliphatic heterocycles. The summed E-state index contributed by atoms with van der Waals surface area (Å²) in [4.78, 5) is 29.5. The Labute approximate surface area is 520 Å². The number of methoxy groups -OCH3 is 2. The van der Waals surface area contributed by atoms with E-state index in [0.717, 1.165) is 112 Å². The van der Waals surface area contributed by atoms with Crippen molar-refractivity contribution in [2.45, 2.75) is 120 Å². The first kappa shape index (κ1) is 63.1. The van der Waals surface area contributed by atoms with Gasteiger partial charge in [-0.3, -0.25) is 9.59 Å². The number of hydrogen-bond donors (Lipinski definition) is 0. The summed E-state index contributed by atoms with van der Waals surface area (Å²) in [5, 5.41) is 17.6. The monoisotopic (exact) mass is 1230 g/mol. The lowest BCUT2D eigenvalue weighted by Gasteiger charge is -2.33. The number of esters is 2. The molecule has 0 aliphatic rings. The number of fused-ring (bicyclic) bond motifs is 2. The van der Waals surface area contributed by atoms with Crippen LogP contribution in [-0.2, 0) is 81.3 Å². The van der Waals surface area contributed by atoms with E-state index < -0.39 is 10.8 Å². The zero-order valence-corrected chi connectivity index (χ0v) is 53.3. The lowest BCUT2D eigenvalue weighted by molar-refractivity contribution is -0.156. The number of hydrogen-bond acceptors (Lipinski definition) is 14. The smallest absolute Gasteiger partial charge is 0.312 e. The average molecular weight is 1240 g/mol. The molecule has 0 fully saturated rings. The highest BCUT2D eigenvalue weighted by Crippen LogP contribution is 2.50. The largest absolute Gasteiger partial charge is 0.497 e. The third-order valence-corrected chi connectivity index (χ3v) is 18.6. The number of thiophene rings is 2. The van der Waals surface area contributed by atoms with E-state index in [9.17, 15) is 9.59 Å². The van der Waals surface area contributed by atoms with Crippen molar-refractivity contribution in [2.24, 2.45) is 10.8 Å². The van der Waals surface area contributed by atoms with Gasteiger partial charge in [0, 0.05) is 45.8 Å². The molecule has 14 nitrogen and oxygen atoms in total. The minimum absolute atomic E-state index is 0.203. The first-order valence-electron chi connectivity index (χ1n) is 28.5. The highest BCUT2D eigenvalue weighted by Gasteiger charge is 2.44. The number of rotatable bonds is 24.